The Morgan fingerprint density at radius 1 is 0.778 bits per heavy atom. The Morgan fingerprint density at radius 3 is 1.93 bits per heavy atom. The van der Waals surface area contributed by atoms with Gasteiger partial charge in [0.2, 0.25) is 0 Å². The molecule has 0 unspecified atom stereocenters. The van der Waals surface area contributed by atoms with Crippen LogP contribution in [0.3, 0.4) is 0 Å². The van der Waals surface area contributed by atoms with Gasteiger partial charge in [0, 0.05) is 5.92 Å². The third kappa shape index (κ3) is 3.91. The fourth-order valence-electron chi connectivity index (χ4n) is 5.26. The molecule has 0 aromatic heterocycles. The summed E-state index contributed by atoms with van der Waals surface area (Å²) in [5, 5.41) is 0. The van der Waals surface area contributed by atoms with Gasteiger partial charge in [0.15, 0.2) is 0 Å². The highest BCUT2D eigenvalue weighted by atomic mass is 19.3. The average Bonchev–Trinajstić information content (AvgIpc) is 2.65. The van der Waals surface area contributed by atoms with Crippen LogP contribution in [0.25, 0.3) is 0 Å². The van der Waals surface area contributed by atoms with Crippen molar-refractivity contribution >= 4 is 0 Å². The van der Waals surface area contributed by atoms with Crippen molar-refractivity contribution in [3.8, 4) is 0 Å². The van der Waals surface area contributed by atoms with E-state index in [1.165, 1.54) is 31.2 Å². The zero-order valence-electron chi connectivity index (χ0n) is 16.5. The minimum absolute atomic E-state index is 0.0922. The fourth-order valence-corrected chi connectivity index (χ4v) is 5.26. The van der Waals surface area contributed by atoms with Crippen molar-refractivity contribution in [2.24, 2.45) is 11.8 Å². The van der Waals surface area contributed by atoms with Gasteiger partial charge in [-0.3, -0.25) is 0 Å². The van der Waals surface area contributed by atoms with Gasteiger partial charge in [-0.15, -0.1) is 0 Å². The Labute approximate surface area is 160 Å². The van der Waals surface area contributed by atoms with E-state index in [0.717, 1.165) is 18.8 Å². The van der Waals surface area contributed by atoms with E-state index in [9.17, 15) is 17.6 Å². The Balaban J connectivity index is 1.70. The van der Waals surface area contributed by atoms with E-state index >= 15 is 0 Å². The second-order valence-corrected chi connectivity index (χ2v) is 8.65. The second kappa shape index (κ2) is 8.13. The second-order valence-electron chi connectivity index (χ2n) is 8.65. The van der Waals surface area contributed by atoms with Crippen molar-refractivity contribution in [2.45, 2.75) is 95.3 Å². The van der Waals surface area contributed by atoms with Crippen LogP contribution in [0.15, 0.2) is 24.3 Å². The Kier molecular flexibility index (Phi) is 6.22. The largest absolute Gasteiger partial charge is 0.317 e. The van der Waals surface area contributed by atoms with E-state index in [2.05, 4.69) is 6.92 Å². The Bertz CT molecular complexity index is 599. The molecule has 152 valence electrons. The molecule has 2 saturated carbocycles. The molecule has 0 bridgehead atoms. The van der Waals surface area contributed by atoms with Crippen LogP contribution in [0, 0.1) is 11.8 Å². The molecule has 1 aromatic rings. The van der Waals surface area contributed by atoms with E-state index < -0.39 is 23.7 Å². The van der Waals surface area contributed by atoms with Crippen molar-refractivity contribution in [1.29, 1.82) is 0 Å². The van der Waals surface area contributed by atoms with E-state index in [4.69, 9.17) is 0 Å². The van der Waals surface area contributed by atoms with Gasteiger partial charge in [-0.05, 0) is 67.9 Å². The van der Waals surface area contributed by atoms with E-state index in [0.29, 0.717) is 11.5 Å². The van der Waals surface area contributed by atoms with Gasteiger partial charge in [-0.2, -0.15) is 17.6 Å². The summed E-state index contributed by atoms with van der Waals surface area (Å²) in [6.45, 7) is 3.79. The van der Waals surface area contributed by atoms with E-state index in [1.807, 2.05) is 12.1 Å². The number of hydrogen-bond donors (Lipinski definition) is 0. The highest BCUT2D eigenvalue weighted by Crippen LogP contribution is 2.56. The lowest BCUT2D eigenvalue weighted by Crippen LogP contribution is -2.53. The van der Waals surface area contributed by atoms with Gasteiger partial charge in [0.25, 0.3) is 0 Å². The molecule has 2 aliphatic carbocycles. The summed E-state index contributed by atoms with van der Waals surface area (Å²) in [5.41, 5.74) is 1.53. The summed E-state index contributed by atoms with van der Waals surface area (Å²) in [4.78, 5) is 0. The maximum atomic E-state index is 14.6. The smallest absolute Gasteiger partial charge is 0.200 e. The molecule has 0 heterocycles. The third-order valence-electron chi connectivity index (χ3n) is 7.05. The maximum Gasteiger partial charge on any atom is 0.317 e. The Hall–Kier alpha value is -1.06. The molecule has 0 nitrogen and oxygen atoms in total. The van der Waals surface area contributed by atoms with Gasteiger partial charge in [-0.1, -0.05) is 51.0 Å². The SMILES string of the molecule is CCCC1CCC(c2ccc([C@@H]3CC[C@@H](CC)C(F)(F)C3(F)F)cc2)CC1. The molecule has 0 aliphatic heterocycles. The molecule has 0 N–H and O–H groups in total. The average molecular weight is 385 g/mol. The summed E-state index contributed by atoms with van der Waals surface area (Å²) >= 11 is 0. The van der Waals surface area contributed by atoms with Crippen molar-refractivity contribution in [3.63, 3.8) is 0 Å². The topological polar surface area (TPSA) is 0 Å². The quantitative estimate of drug-likeness (QED) is 0.452. The lowest BCUT2D eigenvalue weighted by atomic mass is 9.72. The fraction of sp³-hybridized carbons (Fsp3) is 0.739. The van der Waals surface area contributed by atoms with Crippen molar-refractivity contribution in [1.82, 2.24) is 0 Å². The molecule has 4 heteroatoms. The predicted octanol–water partition coefficient (Wildman–Crippen LogP) is 7.93. The highest BCUT2D eigenvalue weighted by molar-refractivity contribution is 5.31. The van der Waals surface area contributed by atoms with Gasteiger partial charge in [0.1, 0.15) is 0 Å². The first kappa shape index (κ1) is 20.7. The number of benzene rings is 1. The van der Waals surface area contributed by atoms with Crippen LogP contribution in [0.4, 0.5) is 17.6 Å². The molecule has 0 radical (unpaired) electrons. The summed E-state index contributed by atoms with van der Waals surface area (Å²) < 4.78 is 57.8. The van der Waals surface area contributed by atoms with Crippen LogP contribution < -0.4 is 0 Å². The minimum Gasteiger partial charge on any atom is -0.200 e. The standard InChI is InChI=1S/C23H32F4/c1-3-5-16-6-8-17(9-7-16)18-10-12-19(13-11-18)21-15-14-20(4-2)22(24,25)23(21,26)27/h10-13,16-17,20-21H,3-9,14-15H2,1-2H3/t16?,17?,20-,21+/m1/s1. The third-order valence-corrected chi connectivity index (χ3v) is 7.05. The summed E-state index contributed by atoms with van der Waals surface area (Å²) in [7, 11) is 0. The summed E-state index contributed by atoms with van der Waals surface area (Å²) in [6.07, 6.45) is 7.62. The monoisotopic (exact) mass is 384 g/mol. The molecule has 0 saturated heterocycles. The molecule has 2 aliphatic rings. The maximum absolute atomic E-state index is 14.6. The number of rotatable bonds is 5. The highest BCUT2D eigenvalue weighted by Gasteiger charge is 2.66. The molecule has 0 spiro atoms. The summed E-state index contributed by atoms with van der Waals surface area (Å²) in [5.74, 6) is -9.22. The zero-order valence-corrected chi connectivity index (χ0v) is 16.5. The number of hydrogen-bond acceptors (Lipinski definition) is 0. The molecule has 2 atom stereocenters. The first-order valence-electron chi connectivity index (χ1n) is 10.7. The van der Waals surface area contributed by atoms with Crippen molar-refractivity contribution in [3.05, 3.63) is 35.4 Å². The first-order valence-corrected chi connectivity index (χ1v) is 10.7. The number of halogens is 4. The molecule has 3 rings (SSSR count). The van der Waals surface area contributed by atoms with Crippen LogP contribution in [0.1, 0.15) is 94.6 Å². The summed E-state index contributed by atoms with van der Waals surface area (Å²) in [6, 6.07) is 7.16. The molecular weight excluding hydrogens is 352 g/mol. The predicted molar refractivity (Wildman–Crippen MR) is 102 cm³/mol. The van der Waals surface area contributed by atoms with Crippen LogP contribution in [-0.2, 0) is 0 Å². The van der Waals surface area contributed by atoms with Gasteiger partial charge in [-0.25, -0.2) is 0 Å². The van der Waals surface area contributed by atoms with Crippen LogP contribution in [0.2, 0.25) is 0 Å². The van der Waals surface area contributed by atoms with Gasteiger partial charge < -0.3 is 0 Å². The zero-order chi connectivity index (χ0) is 19.7. The lowest BCUT2D eigenvalue weighted by molar-refractivity contribution is -0.265. The normalized spacial score (nSPS) is 33.0. The Morgan fingerprint density at radius 2 is 1.37 bits per heavy atom. The minimum atomic E-state index is -3.98. The van der Waals surface area contributed by atoms with Crippen molar-refractivity contribution in [2.75, 3.05) is 0 Å². The van der Waals surface area contributed by atoms with Crippen molar-refractivity contribution < 1.29 is 17.6 Å². The lowest BCUT2D eigenvalue weighted by Gasteiger charge is -2.42. The van der Waals surface area contributed by atoms with Gasteiger partial charge in [0.05, 0.1) is 5.92 Å². The van der Waals surface area contributed by atoms with Gasteiger partial charge >= 0.3 is 11.8 Å². The first-order chi connectivity index (χ1) is 12.8. The van der Waals surface area contributed by atoms with Crippen LogP contribution in [-0.4, -0.2) is 11.8 Å². The van der Waals surface area contributed by atoms with Crippen LogP contribution in [0.5, 0.6) is 0 Å². The molecule has 2 fully saturated rings. The van der Waals surface area contributed by atoms with E-state index in [-0.39, 0.29) is 19.3 Å². The van der Waals surface area contributed by atoms with E-state index in [1.54, 1.807) is 19.1 Å². The van der Waals surface area contributed by atoms with Crippen LogP contribution >= 0.6 is 0 Å². The number of alkyl halides is 4. The molecule has 0 amide bonds. The molecule has 1 aromatic carbocycles. The molecular formula is C23H32F4. The molecule has 27 heavy (non-hydrogen) atoms.